The van der Waals surface area contributed by atoms with Gasteiger partial charge in [-0.25, -0.2) is 0 Å². The van der Waals surface area contributed by atoms with E-state index in [9.17, 15) is 0 Å². The van der Waals surface area contributed by atoms with Gasteiger partial charge >= 0.3 is 0 Å². The Morgan fingerprint density at radius 2 is 0.309 bits per heavy atom. The lowest BCUT2D eigenvalue weighted by Crippen LogP contribution is -2.52. The van der Waals surface area contributed by atoms with E-state index in [-0.39, 0.29) is 273 Å². The summed E-state index contributed by atoms with van der Waals surface area (Å²) in [4.78, 5) is 0. The Morgan fingerprint density at radius 1 is 0.111 bits per heavy atom. The first-order valence-electron chi connectivity index (χ1n) is 23.8. The average molecular weight is 941 g/mol. The molecule has 0 unspecified atom stereocenters. The Hall–Kier alpha value is -4.75. The van der Waals surface area contributed by atoms with Gasteiger partial charge in [-0.3, -0.25) is 0 Å². The van der Waals surface area contributed by atoms with Gasteiger partial charge in [0, 0.05) is 10.8 Å². The molecule has 0 saturated heterocycles. The van der Waals surface area contributed by atoms with Gasteiger partial charge in [0.05, 0.1) is 0 Å². The molecule has 60 radical (unpaired) electrons. The lowest BCUT2D eigenvalue weighted by molar-refractivity contribution is 0.675. The van der Waals surface area contributed by atoms with Crippen molar-refractivity contribution in [1.82, 2.24) is 0 Å². The summed E-state index contributed by atoms with van der Waals surface area (Å²) < 4.78 is 6.39. The van der Waals surface area contributed by atoms with Crippen LogP contribution in [0.2, 0.25) is 0 Å². The summed E-state index contributed by atoms with van der Waals surface area (Å²) in [5.74, 6) is 0. The van der Waals surface area contributed by atoms with E-state index in [4.69, 9.17) is 240 Å². The fourth-order valence-electron chi connectivity index (χ4n) is 11.8. The molecule has 11 rings (SSSR count). The minimum Gasteiger partial charge on any atom is -0.457 e. The maximum atomic E-state index is 7.44. The highest BCUT2D eigenvalue weighted by Crippen LogP contribution is 2.40. The molecule has 0 atom stereocenters. The number of hydrogen-bond acceptors (Lipinski definition) is 1. The smallest absolute Gasteiger partial charge is 0.128 e. The van der Waals surface area contributed by atoms with Crippen molar-refractivity contribution in [3.8, 4) is 33.4 Å². The molecule has 81 heavy (non-hydrogen) atoms. The molecule has 1 aromatic heterocycles. The Morgan fingerprint density at radius 3 is 0.704 bits per heavy atom. The van der Waals surface area contributed by atoms with Gasteiger partial charge in [0.2, 0.25) is 0 Å². The van der Waals surface area contributed by atoms with Crippen LogP contribution in [-0.4, -0.2) is 235 Å². The molecule has 0 saturated carbocycles. The molecule has 0 spiro atoms. The van der Waals surface area contributed by atoms with Crippen molar-refractivity contribution in [3.05, 3.63) is 0 Å². The first-order chi connectivity index (χ1) is 37.8. The van der Waals surface area contributed by atoms with Crippen LogP contribution in [0.5, 0.6) is 0 Å². The van der Waals surface area contributed by atoms with E-state index in [1.54, 1.807) is 0 Å². The molecule has 0 aliphatic rings. The lowest BCUT2D eigenvalue weighted by Gasteiger charge is -2.33. The zero-order valence-electron chi connectivity index (χ0n) is 42.7. The van der Waals surface area contributed by atoms with Crippen LogP contribution in [0.3, 0.4) is 0 Å². The van der Waals surface area contributed by atoms with Gasteiger partial charge < -0.3 is 4.42 Å². The van der Waals surface area contributed by atoms with Gasteiger partial charge in [-0.15, -0.1) is 49.2 Å². The molecule has 1 heterocycles. The minimum atomic E-state index is -0.293. The van der Waals surface area contributed by atoms with Gasteiger partial charge in [0.1, 0.15) is 247 Å². The maximum absolute atomic E-state index is 7.44. The third kappa shape index (κ3) is 7.30. The highest BCUT2D eigenvalue weighted by Gasteiger charge is 2.32. The van der Waals surface area contributed by atoms with Gasteiger partial charge in [0.25, 0.3) is 0 Å². The topological polar surface area (TPSA) is 13.1 Å². The van der Waals surface area contributed by atoms with Crippen LogP contribution in [0.15, 0.2) is 4.42 Å². The highest BCUT2D eigenvalue weighted by atomic mass is 16.3. The van der Waals surface area contributed by atoms with Gasteiger partial charge in [-0.1, -0.05) is 109 Å². The van der Waals surface area contributed by atoms with E-state index in [2.05, 4.69) is 0 Å². The Balaban J connectivity index is 1.37. The second kappa shape index (κ2) is 19.4. The highest BCUT2D eigenvalue weighted by molar-refractivity contribution is 6.79. The number of hydrogen-bond donors (Lipinski definition) is 0. The zero-order chi connectivity index (χ0) is 59.6. The van der Waals surface area contributed by atoms with Crippen LogP contribution < -0.4 is 164 Å². The van der Waals surface area contributed by atoms with E-state index >= 15 is 0 Å². The first kappa shape index (κ1) is 58.0. The third-order valence-electron chi connectivity index (χ3n) is 16.0. The average Bonchev–Trinajstić information content (AvgIpc) is 4.06. The predicted octanol–water partition coefficient (Wildman–Crippen LogP) is -21.8. The SMILES string of the molecule is [B]c1c([B])c(-c2c([B])c([B])c3c(c2[B])c([B])c([B])c2c([B])c([B])c([B])c([B])c23)c([B])c(-c2c3c([B])c([B])c([B])c([B])c3c(-c3c([B])c([B])c4oc5c([B])c6c([B])c([B])c([B])c([B])c6c([B])c5c4c3[B])c3c([B])c([B])c([B])c([B])c23)c1[B]. The summed E-state index contributed by atoms with van der Waals surface area (Å²) in [7, 11) is 205. The summed E-state index contributed by atoms with van der Waals surface area (Å²) in [5.41, 5.74) is -5.60. The standard InChI is InChI=1S/C50B30O/c51-19-9(32(64)39(71)34(66)14(19)13-20(52)11-7(23(55)31(13)63)8-12(30(62)29(11)61)33(65)45(77)44(76)28(8)60)1-3-5(26(58)42(74)40(72)24(3)56)2(6-4(1)25(57)41(73)43(75)27(6)59)10-21(53)18-17-22(54)15-16(36(68)47(79)46(78)35(15)67)38(70)49(17)81-50(18)48(80)37(10)69. The monoisotopic (exact) mass is 946 g/mol. The fraction of sp³-hybridized carbons (Fsp3) is 0. The molecule has 31 heteroatoms. The van der Waals surface area contributed by atoms with Crippen LogP contribution in [0.25, 0.3) is 109 Å². The lowest BCUT2D eigenvalue weighted by atomic mass is 9.55. The Labute approximate surface area is 509 Å². The van der Waals surface area contributed by atoms with Gasteiger partial charge in [0.15, 0.2) is 0 Å². The second-order valence-corrected chi connectivity index (χ2v) is 19.9. The van der Waals surface area contributed by atoms with Crippen molar-refractivity contribution in [3.63, 3.8) is 0 Å². The number of furan rings is 1. The number of fused-ring (bicyclic) bond motifs is 9. The molecular weight excluding hydrogens is 941 g/mol. The number of benzene rings is 10. The molecule has 0 amide bonds. The molecule has 0 N–H and O–H groups in total. The van der Waals surface area contributed by atoms with E-state index in [1.807, 2.05) is 0 Å². The van der Waals surface area contributed by atoms with Crippen molar-refractivity contribution in [2.75, 3.05) is 0 Å². The fourth-order valence-corrected chi connectivity index (χ4v) is 11.8. The van der Waals surface area contributed by atoms with Crippen LogP contribution in [0, 0.1) is 0 Å². The van der Waals surface area contributed by atoms with Gasteiger partial charge in [-0.2, -0.15) is 0 Å². The van der Waals surface area contributed by atoms with E-state index in [0.29, 0.717) is 0 Å². The molecule has 11 aromatic rings. The summed E-state index contributed by atoms with van der Waals surface area (Å²) in [6, 6.07) is 0. The van der Waals surface area contributed by atoms with Crippen LogP contribution in [0.4, 0.5) is 0 Å². The van der Waals surface area contributed by atoms with Crippen LogP contribution in [0.1, 0.15) is 0 Å². The number of rotatable bonds is 3. The van der Waals surface area contributed by atoms with Crippen molar-refractivity contribution >= 4 is 475 Å². The molecular formula is C50B30O. The molecule has 0 aliphatic carbocycles. The first-order valence-corrected chi connectivity index (χ1v) is 23.8. The summed E-state index contributed by atoms with van der Waals surface area (Å²) in [5, 5.41) is 0.591. The van der Waals surface area contributed by atoms with E-state index in [1.165, 1.54) is 0 Å². The van der Waals surface area contributed by atoms with Crippen molar-refractivity contribution in [2.45, 2.75) is 0 Å². The summed E-state index contributed by atoms with van der Waals surface area (Å²) >= 11 is 0. The molecule has 296 valence electrons. The Bertz CT molecular complexity index is 4850. The molecule has 0 aliphatic heterocycles. The quantitative estimate of drug-likeness (QED) is 0.0977. The summed E-state index contributed by atoms with van der Waals surface area (Å²) in [6.07, 6.45) is 0. The van der Waals surface area contributed by atoms with Crippen LogP contribution in [-0.2, 0) is 0 Å². The van der Waals surface area contributed by atoms with E-state index < -0.39 is 0 Å². The van der Waals surface area contributed by atoms with Crippen LogP contribution >= 0.6 is 0 Å². The van der Waals surface area contributed by atoms with Crippen molar-refractivity contribution in [2.24, 2.45) is 0 Å². The van der Waals surface area contributed by atoms with Crippen molar-refractivity contribution in [1.29, 1.82) is 0 Å². The largest absolute Gasteiger partial charge is 0.457 e. The van der Waals surface area contributed by atoms with Crippen molar-refractivity contribution < 1.29 is 4.42 Å². The molecule has 0 bridgehead atoms. The third-order valence-corrected chi connectivity index (χ3v) is 16.0. The normalized spacial score (nSPS) is 12.0. The zero-order valence-corrected chi connectivity index (χ0v) is 42.7. The Kier molecular flexibility index (Phi) is 13.9. The molecule has 1 nitrogen and oxygen atoms in total. The van der Waals surface area contributed by atoms with E-state index in [0.717, 1.165) is 0 Å². The second-order valence-electron chi connectivity index (χ2n) is 19.9. The van der Waals surface area contributed by atoms with Gasteiger partial charge in [-0.05, 0) is 92.7 Å². The molecule has 0 fully saturated rings. The minimum absolute atomic E-state index is 0.0284. The molecule has 10 aromatic carbocycles. The summed E-state index contributed by atoms with van der Waals surface area (Å²) in [6.45, 7) is 0. The maximum Gasteiger partial charge on any atom is 0.128 e. The predicted molar refractivity (Wildman–Crippen MR) is 379 cm³/mol.